The van der Waals surface area contributed by atoms with Crippen molar-refractivity contribution in [3.8, 4) is 11.8 Å². The van der Waals surface area contributed by atoms with Crippen LogP contribution in [0.25, 0.3) is 10.8 Å². The molecule has 3 rings (SSSR count). The van der Waals surface area contributed by atoms with Gasteiger partial charge in [-0.3, -0.25) is 9.59 Å². The lowest BCUT2D eigenvalue weighted by atomic mass is 9.93. The Balaban J connectivity index is 2.12. The molecule has 1 aliphatic rings. The van der Waals surface area contributed by atoms with Crippen molar-refractivity contribution in [2.75, 3.05) is 0 Å². The fourth-order valence-corrected chi connectivity index (χ4v) is 3.49. The second-order valence-corrected chi connectivity index (χ2v) is 8.29. The van der Waals surface area contributed by atoms with Gasteiger partial charge in [-0.25, -0.2) is 0 Å². The van der Waals surface area contributed by atoms with Gasteiger partial charge in [0, 0.05) is 16.9 Å². The van der Waals surface area contributed by atoms with E-state index in [0.29, 0.717) is 10.9 Å². The first-order chi connectivity index (χ1) is 14.0. The molecular weight excluding hydrogens is 423 g/mol. The molecule has 0 aliphatic carbocycles. The molecule has 30 heavy (non-hydrogen) atoms. The van der Waals surface area contributed by atoms with Gasteiger partial charge >= 0.3 is 15.6 Å². The third-order valence-corrected chi connectivity index (χ3v) is 5.36. The maximum Gasteiger partial charge on any atom is 0.525 e. The number of hydrogen-bond acceptors (Lipinski definition) is 5. The molecule has 1 atom stereocenters. The highest BCUT2D eigenvalue weighted by Crippen LogP contribution is 2.33. The number of nitrogens with zero attached hydrogens (tertiary/aromatic N) is 1. The van der Waals surface area contributed by atoms with Crippen LogP contribution < -0.4 is 0 Å². The fourth-order valence-electron chi connectivity index (χ4n) is 3.08. The second kappa shape index (κ2) is 7.74. The van der Waals surface area contributed by atoms with Crippen LogP contribution in [0.1, 0.15) is 53.0 Å². The van der Waals surface area contributed by atoms with E-state index in [1.165, 1.54) is 18.2 Å². The molecule has 1 aliphatic heterocycles. The highest BCUT2D eigenvalue weighted by Gasteiger charge is 2.51. The molecule has 0 spiro atoms. The van der Waals surface area contributed by atoms with Crippen molar-refractivity contribution in [2.45, 2.75) is 32.2 Å². The SMILES string of the molecule is CCCC(C)C#Cc1cc2c3c(cccc3c1)C(=O)N(OS(=O)(=O)C(F)(F)F)C2=O. The molecule has 1 heterocycles. The summed E-state index contributed by atoms with van der Waals surface area (Å²) in [5, 5.41) is 0.290. The lowest BCUT2D eigenvalue weighted by molar-refractivity contribution is -0.0761. The Morgan fingerprint density at radius 1 is 1.13 bits per heavy atom. The number of carbonyl (C=O) groups is 2. The molecule has 2 aromatic rings. The second-order valence-electron chi connectivity index (χ2n) is 6.77. The number of alkyl halides is 3. The number of hydrogen-bond donors (Lipinski definition) is 0. The summed E-state index contributed by atoms with van der Waals surface area (Å²) in [6.45, 7) is 3.94. The van der Waals surface area contributed by atoms with Gasteiger partial charge in [0.2, 0.25) is 0 Å². The third-order valence-electron chi connectivity index (χ3n) is 4.45. The molecule has 0 saturated carbocycles. The molecule has 1 unspecified atom stereocenters. The van der Waals surface area contributed by atoms with Crippen molar-refractivity contribution in [1.29, 1.82) is 0 Å². The summed E-state index contributed by atoms with van der Waals surface area (Å²) in [5.41, 5.74) is -5.73. The van der Waals surface area contributed by atoms with Crippen molar-refractivity contribution < 1.29 is 35.5 Å². The number of hydroxylamine groups is 2. The Labute approximate surface area is 170 Å². The van der Waals surface area contributed by atoms with Crippen LogP contribution in [0.5, 0.6) is 0 Å². The summed E-state index contributed by atoms with van der Waals surface area (Å²) in [6, 6.07) is 7.31. The van der Waals surface area contributed by atoms with Crippen molar-refractivity contribution in [3.05, 3.63) is 47.0 Å². The van der Waals surface area contributed by atoms with Crippen LogP contribution in [0.15, 0.2) is 30.3 Å². The van der Waals surface area contributed by atoms with Crippen LogP contribution in [-0.4, -0.2) is 30.8 Å². The Morgan fingerprint density at radius 2 is 1.80 bits per heavy atom. The fraction of sp³-hybridized carbons (Fsp3) is 0.300. The molecule has 2 aromatic carbocycles. The summed E-state index contributed by atoms with van der Waals surface area (Å²) >= 11 is 0. The van der Waals surface area contributed by atoms with E-state index < -0.39 is 27.4 Å². The van der Waals surface area contributed by atoms with Crippen LogP contribution in [-0.2, 0) is 14.4 Å². The van der Waals surface area contributed by atoms with Crippen LogP contribution in [0.4, 0.5) is 13.2 Å². The quantitative estimate of drug-likeness (QED) is 0.409. The Bertz CT molecular complexity index is 1210. The smallest absolute Gasteiger partial charge is 0.266 e. The molecule has 2 amide bonds. The molecular formula is C20H16F3NO5S. The summed E-state index contributed by atoms with van der Waals surface area (Å²) in [7, 11) is -6.22. The van der Waals surface area contributed by atoms with Crippen LogP contribution in [0, 0.1) is 17.8 Å². The number of amides is 2. The molecule has 6 nitrogen and oxygen atoms in total. The van der Waals surface area contributed by atoms with Gasteiger partial charge in [0.25, 0.3) is 11.8 Å². The van der Waals surface area contributed by atoms with Gasteiger partial charge in [-0.15, -0.1) is 9.35 Å². The van der Waals surface area contributed by atoms with Gasteiger partial charge in [-0.1, -0.05) is 44.2 Å². The van der Waals surface area contributed by atoms with Crippen molar-refractivity contribution in [3.63, 3.8) is 0 Å². The van der Waals surface area contributed by atoms with Gasteiger partial charge in [-0.2, -0.15) is 21.6 Å². The molecule has 0 aromatic heterocycles. The molecule has 0 saturated heterocycles. The standard InChI is InChI=1S/C20H16F3NO5S/c1-3-5-12(2)8-9-13-10-14-6-4-7-15-17(14)16(11-13)19(26)24(18(15)25)29-30(27,28)20(21,22)23/h4,6-7,10-12H,3,5H2,1-2H3. The maximum absolute atomic E-state index is 12.7. The third kappa shape index (κ3) is 3.91. The summed E-state index contributed by atoms with van der Waals surface area (Å²) < 4.78 is 64.7. The predicted molar refractivity (Wildman–Crippen MR) is 101 cm³/mol. The van der Waals surface area contributed by atoms with Crippen LogP contribution in [0.3, 0.4) is 0 Å². The molecule has 0 bridgehead atoms. The first kappa shape index (κ1) is 21.8. The number of carbonyl (C=O) groups excluding carboxylic acids is 2. The zero-order valence-electron chi connectivity index (χ0n) is 15.9. The lowest BCUT2D eigenvalue weighted by Gasteiger charge is -2.25. The molecule has 0 radical (unpaired) electrons. The Morgan fingerprint density at radius 3 is 2.43 bits per heavy atom. The monoisotopic (exact) mass is 439 g/mol. The maximum atomic E-state index is 12.7. The van der Waals surface area contributed by atoms with E-state index >= 15 is 0 Å². The van der Waals surface area contributed by atoms with Crippen LogP contribution >= 0.6 is 0 Å². The van der Waals surface area contributed by atoms with Gasteiger partial charge < -0.3 is 0 Å². The average Bonchev–Trinajstić information content (AvgIpc) is 2.66. The van der Waals surface area contributed by atoms with Crippen molar-refractivity contribution in [1.82, 2.24) is 5.06 Å². The van der Waals surface area contributed by atoms with E-state index in [9.17, 15) is 31.2 Å². The normalized spacial score (nSPS) is 15.2. The van der Waals surface area contributed by atoms with Crippen molar-refractivity contribution in [2.24, 2.45) is 5.92 Å². The van der Waals surface area contributed by atoms with E-state index in [-0.39, 0.29) is 27.5 Å². The Hall–Kier alpha value is -2.90. The minimum Gasteiger partial charge on any atom is -0.266 e. The summed E-state index contributed by atoms with van der Waals surface area (Å²) in [5.74, 6) is 3.40. The highest BCUT2D eigenvalue weighted by atomic mass is 32.2. The lowest BCUT2D eigenvalue weighted by Crippen LogP contribution is -2.44. The predicted octanol–water partition coefficient (Wildman–Crippen LogP) is 4.00. The van der Waals surface area contributed by atoms with Gasteiger partial charge in [0.05, 0.1) is 11.1 Å². The number of benzene rings is 2. The molecule has 0 N–H and O–H groups in total. The number of rotatable bonds is 4. The van der Waals surface area contributed by atoms with E-state index in [0.717, 1.165) is 12.8 Å². The van der Waals surface area contributed by atoms with Crippen molar-refractivity contribution >= 4 is 32.7 Å². The summed E-state index contributed by atoms with van der Waals surface area (Å²) in [4.78, 5) is 25.2. The van der Waals surface area contributed by atoms with Gasteiger partial charge in [0.1, 0.15) is 0 Å². The highest BCUT2D eigenvalue weighted by molar-refractivity contribution is 7.87. The molecule has 0 fully saturated rings. The van der Waals surface area contributed by atoms with E-state index in [4.69, 9.17) is 0 Å². The van der Waals surface area contributed by atoms with Gasteiger partial charge in [0.15, 0.2) is 0 Å². The first-order valence-electron chi connectivity index (χ1n) is 8.94. The van der Waals surface area contributed by atoms with E-state index in [2.05, 4.69) is 16.1 Å². The largest absolute Gasteiger partial charge is 0.525 e. The Kier molecular flexibility index (Phi) is 5.62. The topological polar surface area (TPSA) is 80.8 Å². The van der Waals surface area contributed by atoms with E-state index in [1.54, 1.807) is 12.1 Å². The number of halogens is 3. The minimum atomic E-state index is -6.22. The number of imide groups is 1. The molecule has 10 heteroatoms. The van der Waals surface area contributed by atoms with E-state index in [1.807, 2.05) is 13.8 Å². The summed E-state index contributed by atoms with van der Waals surface area (Å²) in [6.07, 6.45) is 1.80. The average molecular weight is 439 g/mol. The first-order valence-corrected chi connectivity index (χ1v) is 10.3. The zero-order valence-corrected chi connectivity index (χ0v) is 16.7. The molecule has 158 valence electrons. The zero-order chi connectivity index (χ0) is 22.3. The van der Waals surface area contributed by atoms with Crippen LogP contribution in [0.2, 0.25) is 0 Å². The minimum absolute atomic E-state index is 0.0856. The van der Waals surface area contributed by atoms with Gasteiger partial charge in [-0.05, 0) is 30.0 Å².